The number of rotatable bonds is 4. The predicted molar refractivity (Wildman–Crippen MR) is 66.2 cm³/mol. The van der Waals surface area contributed by atoms with E-state index in [1.807, 2.05) is 0 Å². The first-order chi connectivity index (χ1) is 7.86. The van der Waals surface area contributed by atoms with Gasteiger partial charge in [-0.15, -0.1) is 12.3 Å². The molecule has 0 saturated heterocycles. The van der Waals surface area contributed by atoms with Crippen LogP contribution in [0, 0.1) is 26.2 Å². The van der Waals surface area contributed by atoms with E-state index < -0.39 is 10.0 Å². The van der Waals surface area contributed by atoms with Gasteiger partial charge in [-0.2, -0.15) is 0 Å². The van der Waals surface area contributed by atoms with Crippen molar-refractivity contribution in [2.75, 3.05) is 6.61 Å². The summed E-state index contributed by atoms with van der Waals surface area (Å²) in [4.78, 5) is 0.154. The molecule has 0 radical (unpaired) electrons. The van der Waals surface area contributed by atoms with E-state index in [0.717, 1.165) is 0 Å². The fourth-order valence-electron chi connectivity index (χ4n) is 1.67. The van der Waals surface area contributed by atoms with Gasteiger partial charge in [0.25, 0.3) is 0 Å². The third kappa shape index (κ3) is 3.48. The van der Waals surface area contributed by atoms with Gasteiger partial charge in [0.05, 0.1) is 11.5 Å². The lowest BCUT2D eigenvalue weighted by molar-refractivity contribution is 0.326. The predicted octanol–water partition coefficient (Wildman–Crippen LogP) is 1.35. The first-order valence-corrected chi connectivity index (χ1v) is 6.61. The minimum Gasteiger partial charge on any atom is -0.493 e. The third-order valence-electron chi connectivity index (χ3n) is 2.23. The van der Waals surface area contributed by atoms with Crippen molar-refractivity contribution in [2.24, 2.45) is 5.14 Å². The summed E-state index contributed by atoms with van der Waals surface area (Å²) in [5.41, 5.74) is 1.14. The topological polar surface area (TPSA) is 69.4 Å². The first kappa shape index (κ1) is 13.6. The van der Waals surface area contributed by atoms with Gasteiger partial charge in [-0.25, -0.2) is 13.6 Å². The normalized spacial score (nSPS) is 10.9. The number of nitrogens with two attached hydrogens (primary N) is 1. The Balaban J connectivity index is 3.07. The molecule has 4 nitrogen and oxygen atoms in total. The van der Waals surface area contributed by atoms with Crippen molar-refractivity contribution in [3.63, 3.8) is 0 Å². The summed E-state index contributed by atoms with van der Waals surface area (Å²) < 4.78 is 28.1. The Kier molecular flexibility index (Phi) is 4.16. The molecular formula is C12H15NO3S. The molecule has 0 aliphatic heterocycles. The smallest absolute Gasteiger partial charge is 0.238 e. The molecule has 17 heavy (non-hydrogen) atoms. The molecule has 0 bridgehead atoms. The number of benzene rings is 1. The summed E-state index contributed by atoms with van der Waals surface area (Å²) in [5, 5.41) is 5.14. The van der Waals surface area contributed by atoms with Crippen molar-refractivity contribution in [3.8, 4) is 18.1 Å². The molecule has 1 aromatic carbocycles. The molecule has 92 valence electrons. The number of ether oxygens (including phenoxy) is 1. The number of terminal acetylenes is 1. The average molecular weight is 253 g/mol. The zero-order valence-corrected chi connectivity index (χ0v) is 10.7. The van der Waals surface area contributed by atoms with Gasteiger partial charge in [0.2, 0.25) is 10.0 Å². The molecule has 5 heteroatoms. The standard InChI is InChI=1S/C12H15NO3S/c1-4-5-6-16-11-7-9(2)12(10(3)8-11)17(13,14)15/h1,7-8H,5-6H2,2-3H3,(H2,13,14,15). The van der Waals surface area contributed by atoms with E-state index >= 15 is 0 Å². The van der Waals surface area contributed by atoms with Crippen LogP contribution in [0.1, 0.15) is 17.5 Å². The van der Waals surface area contributed by atoms with Crippen LogP contribution in [0.4, 0.5) is 0 Å². The van der Waals surface area contributed by atoms with Crippen LogP contribution < -0.4 is 9.88 Å². The number of sulfonamides is 1. The summed E-state index contributed by atoms with van der Waals surface area (Å²) in [6.45, 7) is 3.77. The Labute approximate surface area is 102 Å². The number of hydrogen-bond donors (Lipinski definition) is 1. The van der Waals surface area contributed by atoms with E-state index in [1.54, 1.807) is 26.0 Å². The lowest BCUT2D eigenvalue weighted by Gasteiger charge is -2.11. The Bertz CT molecular complexity index is 533. The SMILES string of the molecule is C#CCCOc1cc(C)c(S(N)(=O)=O)c(C)c1. The van der Waals surface area contributed by atoms with Gasteiger partial charge in [0.1, 0.15) is 5.75 Å². The second-order valence-corrected chi connectivity index (χ2v) is 5.23. The van der Waals surface area contributed by atoms with Gasteiger partial charge in [-0.1, -0.05) is 0 Å². The first-order valence-electron chi connectivity index (χ1n) is 5.06. The quantitative estimate of drug-likeness (QED) is 0.650. The van der Waals surface area contributed by atoms with Gasteiger partial charge >= 0.3 is 0 Å². The van der Waals surface area contributed by atoms with Gasteiger partial charge in [0, 0.05) is 6.42 Å². The fourth-order valence-corrected chi connectivity index (χ4v) is 2.69. The second-order valence-electron chi connectivity index (χ2n) is 3.73. The molecule has 0 aliphatic rings. The van der Waals surface area contributed by atoms with Crippen LogP contribution in [0.25, 0.3) is 0 Å². The van der Waals surface area contributed by atoms with Crippen molar-refractivity contribution in [1.29, 1.82) is 0 Å². The highest BCUT2D eigenvalue weighted by Gasteiger charge is 2.15. The van der Waals surface area contributed by atoms with Gasteiger partial charge in [-0.3, -0.25) is 0 Å². The molecule has 0 unspecified atom stereocenters. The van der Waals surface area contributed by atoms with Crippen molar-refractivity contribution < 1.29 is 13.2 Å². The van der Waals surface area contributed by atoms with Crippen LogP contribution in [0.3, 0.4) is 0 Å². The zero-order valence-electron chi connectivity index (χ0n) is 9.86. The number of hydrogen-bond acceptors (Lipinski definition) is 3. The Hall–Kier alpha value is -1.51. The summed E-state index contributed by atoms with van der Waals surface area (Å²) >= 11 is 0. The van der Waals surface area contributed by atoms with Crippen LogP contribution in [0.2, 0.25) is 0 Å². The van der Waals surface area contributed by atoms with E-state index in [0.29, 0.717) is 29.9 Å². The van der Waals surface area contributed by atoms with E-state index in [-0.39, 0.29) is 4.90 Å². The highest BCUT2D eigenvalue weighted by molar-refractivity contribution is 7.89. The number of aryl methyl sites for hydroxylation is 2. The van der Waals surface area contributed by atoms with Crippen LogP contribution in [-0.2, 0) is 10.0 Å². The molecule has 0 aliphatic carbocycles. The van der Waals surface area contributed by atoms with Crippen molar-refractivity contribution >= 4 is 10.0 Å². The fraction of sp³-hybridized carbons (Fsp3) is 0.333. The molecule has 0 atom stereocenters. The maximum atomic E-state index is 11.4. The van der Waals surface area contributed by atoms with Gasteiger partial charge in [-0.05, 0) is 37.1 Å². The maximum Gasteiger partial charge on any atom is 0.238 e. The molecule has 0 spiro atoms. The average Bonchev–Trinajstić information content (AvgIpc) is 2.14. The molecule has 1 rings (SSSR count). The summed E-state index contributed by atoms with van der Waals surface area (Å²) in [5.74, 6) is 3.06. The molecular weight excluding hydrogens is 238 g/mol. The maximum absolute atomic E-state index is 11.4. The monoisotopic (exact) mass is 253 g/mol. The van der Waals surface area contributed by atoms with E-state index in [2.05, 4.69) is 5.92 Å². The van der Waals surface area contributed by atoms with E-state index in [4.69, 9.17) is 16.3 Å². The minimum absolute atomic E-state index is 0.154. The van der Waals surface area contributed by atoms with Crippen LogP contribution >= 0.6 is 0 Å². The highest BCUT2D eigenvalue weighted by Crippen LogP contribution is 2.24. The highest BCUT2D eigenvalue weighted by atomic mass is 32.2. The van der Waals surface area contributed by atoms with Gasteiger partial charge < -0.3 is 4.74 Å². The van der Waals surface area contributed by atoms with Gasteiger partial charge in [0.15, 0.2) is 0 Å². The Morgan fingerprint density at radius 2 is 1.88 bits per heavy atom. The summed E-state index contributed by atoms with van der Waals surface area (Å²) in [6.07, 6.45) is 5.62. The molecule has 1 aromatic rings. The van der Waals surface area contributed by atoms with Crippen LogP contribution in [-0.4, -0.2) is 15.0 Å². The van der Waals surface area contributed by atoms with Crippen LogP contribution in [0.5, 0.6) is 5.75 Å². The Morgan fingerprint density at radius 3 is 2.29 bits per heavy atom. The van der Waals surface area contributed by atoms with E-state index in [9.17, 15) is 8.42 Å². The minimum atomic E-state index is -3.69. The summed E-state index contributed by atoms with van der Waals surface area (Å²) in [7, 11) is -3.69. The zero-order chi connectivity index (χ0) is 13.1. The van der Waals surface area contributed by atoms with Crippen molar-refractivity contribution in [1.82, 2.24) is 0 Å². The third-order valence-corrected chi connectivity index (χ3v) is 3.45. The van der Waals surface area contributed by atoms with E-state index in [1.165, 1.54) is 0 Å². The second kappa shape index (κ2) is 5.21. The molecule has 0 amide bonds. The number of primary sulfonamides is 1. The summed E-state index contributed by atoms with van der Waals surface area (Å²) in [6, 6.07) is 3.28. The lowest BCUT2D eigenvalue weighted by atomic mass is 10.1. The van der Waals surface area contributed by atoms with Crippen LogP contribution in [0.15, 0.2) is 17.0 Å². The van der Waals surface area contributed by atoms with Crippen molar-refractivity contribution in [2.45, 2.75) is 25.2 Å². The molecule has 0 heterocycles. The Morgan fingerprint density at radius 1 is 1.35 bits per heavy atom. The van der Waals surface area contributed by atoms with Crippen molar-refractivity contribution in [3.05, 3.63) is 23.3 Å². The molecule has 0 aromatic heterocycles. The molecule has 0 fully saturated rings. The molecule has 2 N–H and O–H groups in total. The lowest BCUT2D eigenvalue weighted by Crippen LogP contribution is -2.15. The molecule has 0 saturated carbocycles. The largest absolute Gasteiger partial charge is 0.493 e.